The Balaban J connectivity index is 1.62. The van der Waals surface area contributed by atoms with Crippen molar-refractivity contribution >= 4 is 16.9 Å². The Morgan fingerprint density at radius 3 is 2.68 bits per heavy atom. The van der Waals surface area contributed by atoms with Crippen molar-refractivity contribution in [1.29, 1.82) is 0 Å². The molecule has 5 rings (SSSR count). The van der Waals surface area contributed by atoms with Gasteiger partial charge in [0.15, 0.2) is 0 Å². The molecule has 0 unspecified atom stereocenters. The van der Waals surface area contributed by atoms with E-state index < -0.39 is 17.6 Å². The first-order chi connectivity index (χ1) is 14.9. The third-order valence-corrected chi connectivity index (χ3v) is 5.83. The van der Waals surface area contributed by atoms with Crippen molar-refractivity contribution in [3.63, 3.8) is 0 Å². The van der Waals surface area contributed by atoms with Crippen LogP contribution in [-0.4, -0.2) is 34.9 Å². The largest absolute Gasteiger partial charge is 0.493 e. The van der Waals surface area contributed by atoms with Gasteiger partial charge < -0.3 is 14.8 Å². The molecule has 2 N–H and O–H groups in total. The van der Waals surface area contributed by atoms with E-state index in [1.54, 1.807) is 6.07 Å². The van der Waals surface area contributed by atoms with Crippen LogP contribution in [0.5, 0.6) is 5.88 Å². The Labute approximate surface area is 175 Å². The second-order valence-corrected chi connectivity index (χ2v) is 7.63. The van der Waals surface area contributed by atoms with E-state index in [4.69, 9.17) is 5.11 Å². The van der Waals surface area contributed by atoms with Crippen LogP contribution in [0.3, 0.4) is 0 Å². The van der Waals surface area contributed by atoms with Crippen LogP contribution in [-0.2, 0) is 30.8 Å². The number of imidazole rings is 1. The van der Waals surface area contributed by atoms with Gasteiger partial charge in [0.05, 0.1) is 18.7 Å². The third kappa shape index (κ3) is 3.09. The maximum absolute atomic E-state index is 13.2. The number of aromatic nitrogens is 4. The van der Waals surface area contributed by atoms with Gasteiger partial charge in [-0.05, 0) is 23.3 Å². The number of hydrogen-bond acceptors (Lipinski definition) is 4. The summed E-state index contributed by atoms with van der Waals surface area (Å²) in [5.41, 5.74) is 3.79. The minimum absolute atomic E-state index is 0.0911. The number of fused-ring (bicyclic) bond motifs is 4. The number of carbonyl (C=O) groups is 1. The predicted molar refractivity (Wildman–Crippen MR) is 110 cm³/mol. The van der Waals surface area contributed by atoms with Gasteiger partial charge in [-0.3, -0.25) is 13.9 Å². The Kier molecular flexibility index (Phi) is 4.39. The minimum atomic E-state index is -1.04. The van der Waals surface area contributed by atoms with Crippen LogP contribution in [0.2, 0.25) is 0 Å². The number of carboxylic acid groups (broad SMARTS) is 1. The molecule has 1 aliphatic rings. The lowest BCUT2D eigenvalue weighted by Crippen LogP contribution is -2.29. The average molecular weight is 422 g/mol. The second kappa shape index (κ2) is 7.12. The van der Waals surface area contributed by atoms with Gasteiger partial charge in [0.1, 0.15) is 0 Å². The summed E-state index contributed by atoms with van der Waals surface area (Å²) in [6.45, 7) is 0.617. The molecule has 0 saturated carbocycles. The van der Waals surface area contributed by atoms with E-state index in [-0.39, 0.29) is 25.4 Å². The molecule has 0 spiro atoms. The topological polar surface area (TPSA) is 102 Å². The summed E-state index contributed by atoms with van der Waals surface area (Å²) in [5.74, 6) is -1.77. The molecule has 4 heterocycles. The molecule has 1 aliphatic heterocycles. The van der Waals surface area contributed by atoms with Crippen molar-refractivity contribution < 1.29 is 19.4 Å². The fraction of sp³-hybridized carbons (Fsp3) is 0.227. The number of hydrogen-bond donors (Lipinski definition) is 2. The van der Waals surface area contributed by atoms with Gasteiger partial charge in [-0.2, -0.15) is 4.39 Å². The van der Waals surface area contributed by atoms with Crippen LogP contribution in [0.1, 0.15) is 28.9 Å². The molecular weight excluding hydrogens is 403 g/mol. The highest BCUT2D eigenvalue weighted by Crippen LogP contribution is 2.35. The number of pyridine rings is 1. The van der Waals surface area contributed by atoms with E-state index in [0.717, 1.165) is 32.3 Å². The van der Waals surface area contributed by atoms with Crippen LogP contribution in [0, 0.1) is 5.95 Å². The van der Waals surface area contributed by atoms with E-state index in [0.29, 0.717) is 18.7 Å². The second-order valence-electron chi connectivity index (χ2n) is 7.63. The van der Waals surface area contributed by atoms with E-state index in [2.05, 4.69) is 9.55 Å². The fourth-order valence-corrected chi connectivity index (χ4v) is 4.36. The summed E-state index contributed by atoms with van der Waals surface area (Å²) in [7, 11) is 0. The molecule has 9 heteroatoms. The number of aliphatic carboxylic acids is 1. The first-order valence-electron chi connectivity index (χ1n) is 9.86. The lowest BCUT2D eigenvalue weighted by atomic mass is 10.0. The lowest BCUT2D eigenvalue weighted by molar-refractivity contribution is -0.137. The molecule has 0 saturated heterocycles. The smallest absolute Gasteiger partial charge is 0.331 e. The van der Waals surface area contributed by atoms with Crippen molar-refractivity contribution in [2.75, 3.05) is 0 Å². The summed E-state index contributed by atoms with van der Waals surface area (Å²) in [6.07, 6.45) is 1.59. The predicted octanol–water partition coefficient (Wildman–Crippen LogP) is 2.32. The summed E-state index contributed by atoms with van der Waals surface area (Å²) >= 11 is 0. The SMILES string of the molecule is O=C(O)CCn1c(O)c2n(c1=O)Cc1c(c3ccccc3n1Cc1ccc(F)nc1)C2. The van der Waals surface area contributed by atoms with Crippen molar-refractivity contribution in [1.82, 2.24) is 18.7 Å². The number of aromatic hydroxyl groups is 1. The zero-order valence-electron chi connectivity index (χ0n) is 16.5. The minimum Gasteiger partial charge on any atom is -0.493 e. The van der Waals surface area contributed by atoms with E-state index >= 15 is 0 Å². The fourth-order valence-electron chi connectivity index (χ4n) is 4.36. The molecule has 3 aromatic heterocycles. The first-order valence-corrected chi connectivity index (χ1v) is 9.86. The normalized spacial score (nSPS) is 12.7. The van der Waals surface area contributed by atoms with Crippen molar-refractivity contribution in [2.24, 2.45) is 0 Å². The highest BCUT2D eigenvalue weighted by molar-refractivity contribution is 5.86. The highest BCUT2D eigenvalue weighted by Gasteiger charge is 2.29. The Morgan fingerprint density at radius 1 is 1.13 bits per heavy atom. The zero-order chi connectivity index (χ0) is 21.7. The standard InChI is InChI=1S/C22H19FN4O4/c23-19-6-5-13(10-24-19)11-26-16-4-2-1-3-14(16)15-9-17-21(30)25(8-7-20(28)29)22(31)27(17)12-18(15)26/h1-6,10,30H,7-9,11-12H2,(H,28,29). The molecule has 8 nitrogen and oxygen atoms in total. The van der Waals surface area contributed by atoms with E-state index in [9.17, 15) is 19.1 Å². The Morgan fingerprint density at radius 2 is 1.94 bits per heavy atom. The first kappa shape index (κ1) is 19.1. The van der Waals surface area contributed by atoms with Gasteiger partial charge in [0.2, 0.25) is 11.8 Å². The number of halogens is 1. The molecule has 0 aliphatic carbocycles. The number of para-hydroxylation sites is 1. The van der Waals surface area contributed by atoms with Gasteiger partial charge in [0.25, 0.3) is 0 Å². The molecular formula is C22H19FN4O4. The van der Waals surface area contributed by atoms with E-state index in [1.807, 2.05) is 24.3 Å². The van der Waals surface area contributed by atoms with Gasteiger partial charge in [-0.25, -0.2) is 9.78 Å². The molecule has 0 atom stereocenters. The number of rotatable bonds is 5. The lowest BCUT2D eigenvalue weighted by Gasteiger charge is -2.18. The summed E-state index contributed by atoms with van der Waals surface area (Å²) < 4.78 is 17.9. The Hall–Kier alpha value is -3.88. The van der Waals surface area contributed by atoms with Crippen LogP contribution in [0.4, 0.5) is 4.39 Å². The van der Waals surface area contributed by atoms with Crippen LogP contribution < -0.4 is 5.69 Å². The molecule has 1 aromatic carbocycles. The molecule has 0 fully saturated rings. The van der Waals surface area contributed by atoms with Gasteiger partial charge >= 0.3 is 11.7 Å². The van der Waals surface area contributed by atoms with Crippen molar-refractivity contribution in [2.45, 2.75) is 32.5 Å². The van der Waals surface area contributed by atoms with Crippen LogP contribution in [0.25, 0.3) is 10.9 Å². The average Bonchev–Trinajstić information content (AvgIpc) is 3.19. The van der Waals surface area contributed by atoms with E-state index in [1.165, 1.54) is 16.8 Å². The highest BCUT2D eigenvalue weighted by atomic mass is 19.1. The van der Waals surface area contributed by atoms with Crippen LogP contribution in [0.15, 0.2) is 47.4 Å². The molecule has 31 heavy (non-hydrogen) atoms. The number of benzene rings is 1. The summed E-state index contributed by atoms with van der Waals surface area (Å²) in [4.78, 5) is 27.5. The molecule has 4 aromatic rings. The maximum atomic E-state index is 13.2. The molecule has 0 radical (unpaired) electrons. The zero-order valence-corrected chi connectivity index (χ0v) is 16.5. The van der Waals surface area contributed by atoms with Gasteiger partial charge in [0, 0.05) is 42.3 Å². The van der Waals surface area contributed by atoms with Crippen molar-refractivity contribution in [3.8, 4) is 5.88 Å². The Bertz CT molecular complexity index is 1380. The molecule has 158 valence electrons. The van der Waals surface area contributed by atoms with Gasteiger partial charge in [-0.15, -0.1) is 0 Å². The summed E-state index contributed by atoms with van der Waals surface area (Å²) in [6, 6.07) is 10.9. The number of nitrogens with zero attached hydrogens (tertiary/aromatic N) is 4. The molecule has 0 bridgehead atoms. The third-order valence-electron chi connectivity index (χ3n) is 5.83. The maximum Gasteiger partial charge on any atom is 0.331 e. The number of carboxylic acids is 1. The van der Waals surface area contributed by atoms with Crippen LogP contribution >= 0.6 is 0 Å². The quantitative estimate of drug-likeness (QED) is 0.423. The van der Waals surface area contributed by atoms with Crippen molar-refractivity contribution in [3.05, 3.63) is 81.5 Å². The monoisotopic (exact) mass is 422 g/mol. The summed E-state index contributed by atoms with van der Waals surface area (Å²) in [5, 5.41) is 20.6. The van der Waals surface area contributed by atoms with Gasteiger partial charge in [-0.1, -0.05) is 24.3 Å². The molecule has 0 amide bonds.